The lowest BCUT2D eigenvalue weighted by Crippen LogP contribution is -2.38. The number of carbonyl (C=O) groups excluding carboxylic acids is 1. The number of benzene rings is 2. The van der Waals surface area contributed by atoms with E-state index >= 15 is 0 Å². The molecule has 34 heavy (non-hydrogen) atoms. The fourth-order valence-corrected chi connectivity index (χ4v) is 4.31. The Morgan fingerprint density at radius 1 is 1.15 bits per heavy atom. The summed E-state index contributed by atoms with van der Waals surface area (Å²) in [6.45, 7) is 5.04. The molecule has 6 nitrogen and oxygen atoms in total. The van der Waals surface area contributed by atoms with E-state index in [1.807, 2.05) is 24.3 Å². The van der Waals surface area contributed by atoms with Crippen LogP contribution >= 0.6 is 22.6 Å². The fourth-order valence-electron chi connectivity index (χ4n) is 3.70. The number of amides is 1. The summed E-state index contributed by atoms with van der Waals surface area (Å²) < 4.78 is 26.9. The maximum absolute atomic E-state index is 14.7. The number of halogens is 2. The Hall–Kier alpha value is -2.56. The van der Waals surface area contributed by atoms with Gasteiger partial charge in [0, 0.05) is 58.8 Å². The molecule has 0 aliphatic carbocycles. The zero-order chi connectivity index (χ0) is 23.8. The van der Waals surface area contributed by atoms with E-state index in [1.54, 1.807) is 30.5 Å². The molecular weight excluding hydrogens is 548 g/mol. The first-order valence-corrected chi connectivity index (χ1v) is 12.3. The highest BCUT2D eigenvalue weighted by Gasteiger charge is 2.12. The van der Waals surface area contributed by atoms with Crippen LogP contribution in [-0.2, 0) is 22.5 Å². The fraction of sp³-hybridized carbons (Fsp3) is 0.308. The van der Waals surface area contributed by atoms with Gasteiger partial charge in [-0.15, -0.1) is 0 Å². The molecule has 0 spiro atoms. The average Bonchev–Trinajstić information content (AvgIpc) is 2.84. The second-order valence-corrected chi connectivity index (χ2v) is 9.31. The maximum Gasteiger partial charge on any atom is 0.226 e. The second-order valence-electron chi connectivity index (χ2n) is 8.07. The first-order chi connectivity index (χ1) is 16.6. The number of nitrogens with one attached hydrogen (secondary N) is 1. The van der Waals surface area contributed by atoms with E-state index in [-0.39, 0.29) is 18.1 Å². The monoisotopic (exact) mass is 575 g/mol. The van der Waals surface area contributed by atoms with Crippen LogP contribution < -0.4 is 10.1 Å². The number of hydrogen-bond donors (Lipinski definition) is 1. The number of morpholine rings is 1. The summed E-state index contributed by atoms with van der Waals surface area (Å²) in [5.41, 5.74) is 2.78. The molecule has 1 amide bonds. The highest BCUT2D eigenvalue weighted by molar-refractivity contribution is 14.1. The van der Waals surface area contributed by atoms with Gasteiger partial charge in [0.25, 0.3) is 0 Å². The van der Waals surface area contributed by atoms with Crippen molar-refractivity contribution in [2.75, 3.05) is 39.5 Å². The highest BCUT2D eigenvalue weighted by Crippen LogP contribution is 2.26. The van der Waals surface area contributed by atoms with Crippen LogP contribution in [0.1, 0.15) is 11.3 Å². The number of hydrogen-bond acceptors (Lipinski definition) is 5. The van der Waals surface area contributed by atoms with Crippen LogP contribution in [0, 0.1) is 9.39 Å². The minimum atomic E-state index is -0.367. The van der Waals surface area contributed by atoms with Crippen LogP contribution in [-0.4, -0.2) is 55.2 Å². The molecule has 8 heteroatoms. The van der Waals surface area contributed by atoms with Crippen LogP contribution in [0.15, 0.2) is 60.8 Å². The predicted octanol–water partition coefficient (Wildman–Crippen LogP) is 4.06. The number of carbonyl (C=O) groups is 1. The van der Waals surface area contributed by atoms with Crippen LogP contribution in [0.5, 0.6) is 5.75 Å². The third kappa shape index (κ3) is 7.22. The molecule has 1 aromatic heterocycles. The Balaban J connectivity index is 1.28. The molecule has 1 N–H and O–H groups in total. The largest absolute Gasteiger partial charge is 0.492 e. The van der Waals surface area contributed by atoms with Gasteiger partial charge in [-0.25, -0.2) is 4.39 Å². The predicted molar refractivity (Wildman–Crippen MR) is 137 cm³/mol. The van der Waals surface area contributed by atoms with Crippen molar-refractivity contribution in [3.05, 3.63) is 81.4 Å². The van der Waals surface area contributed by atoms with Crippen molar-refractivity contribution in [2.45, 2.75) is 13.0 Å². The zero-order valence-corrected chi connectivity index (χ0v) is 21.0. The molecule has 0 radical (unpaired) electrons. The smallest absolute Gasteiger partial charge is 0.226 e. The van der Waals surface area contributed by atoms with E-state index in [4.69, 9.17) is 9.47 Å². The van der Waals surface area contributed by atoms with E-state index < -0.39 is 0 Å². The molecule has 1 saturated heterocycles. The van der Waals surface area contributed by atoms with Crippen LogP contribution in [0.4, 0.5) is 4.39 Å². The molecule has 1 aliphatic heterocycles. The van der Waals surface area contributed by atoms with Gasteiger partial charge in [-0.3, -0.25) is 14.7 Å². The lowest BCUT2D eigenvalue weighted by molar-refractivity contribution is -0.120. The van der Waals surface area contributed by atoms with Gasteiger partial charge in [0.2, 0.25) is 5.91 Å². The van der Waals surface area contributed by atoms with Gasteiger partial charge in [-0.05, 0) is 58.5 Å². The summed E-state index contributed by atoms with van der Waals surface area (Å²) >= 11 is 2.24. The van der Waals surface area contributed by atoms with Crippen LogP contribution in [0.25, 0.3) is 11.1 Å². The van der Waals surface area contributed by atoms with E-state index in [0.29, 0.717) is 35.7 Å². The van der Waals surface area contributed by atoms with Gasteiger partial charge in [-0.1, -0.05) is 18.2 Å². The Morgan fingerprint density at radius 2 is 2.00 bits per heavy atom. The van der Waals surface area contributed by atoms with Gasteiger partial charge < -0.3 is 14.8 Å². The molecule has 2 heterocycles. The first kappa shape index (κ1) is 24.6. The lowest BCUT2D eigenvalue weighted by Gasteiger charge is -2.26. The summed E-state index contributed by atoms with van der Waals surface area (Å²) in [6, 6.07) is 16.4. The Kier molecular flexibility index (Phi) is 8.84. The molecule has 0 bridgehead atoms. The number of pyridine rings is 1. The van der Waals surface area contributed by atoms with E-state index in [0.717, 1.165) is 42.0 Å². The minimum absolute atomic E-state index is 0.108. The summed E-state index contributed by atoms with van der Waals surface area (Å²) in [6.07, 6.45) is 1.77. The molecule has 0 atom stereocenters. The normalized spacial score (nSPS) is 14.1. The van der Waals surface area contributed by atoms with Crippen LogP contribution in [0.3, 0.4) is 0 Å². The molecule has 2 aromatic carbocycles. The van der Waals surface area contributed by atoms with Gasteiger partial charge >= 0.3 is 0 Å². The van der Waals surface area contributed by atoms with Gasteiger partial charge in [0.05, 0.1) is 19.6 Å². The highest BCUT2D eigenvalue weighted by atomic mass is 127. The SMILES string of the molecule is O=C(Cc1ccc(-c2ccc(OCCN3CCOCC3)cc2F)cn1)NCc1cccc(I)c1. The third-order valence-corrected chi connectivity index (χ3v) is 6.25. The lowest BCUT2D eigenvalue weighted by atomic mass is 10.1. The first-order valence-electron chi connectivity index (χ1n) is 11.3. The van der Waals surface area contributed by atoms with Crippen molar-refractivity contribution < 1.29 is 18.7 Å². The van der Waals surface area contributed by atoms with Crippen molar-refractivity contribution >= 4 is 28.5 Å². The number of nitrogens with zero attached hydrogens (tertiary/aromatic N) is 2. The summed E-state index contributed by atoms with van der Waals surface area (Å²) in [4.78, 5) is 18.9. The van der Waals surface area contributed by atoms with Crippen molar-refractivity contribution in [3.8, 4) is 16.9 Å². The molecule has 178 valence electrons. The van der Waals surface area contributed by atoms with Crippen molar-refractivity contribution in [2.24, 2.45) is 0 Å². The molecule has 1 fully saturated rings. The van der Waals surface area contributed by atoms with E-state index in [9.17, 15) is 9.18 Å². The quantitative estimate of drug-likeness (QED) is 0.390. The zero-order valence-electron chi connectivity index (χ0n) is 18.8. The van der Waals surface area contributed by atoms with Crippen LogP contribution in [0.2, 0.25) is 0 Å². The Morgan fingerprint density at radius 3 is 2.74 bits per heavy atom. The molecule has 4 rings (SSSR count). The molecule has 3 aromatic rings. The molecule has 0 saturated carbocycles. The summed E-state index contributed by atoms with van der Waals surface area (Å²) in [5, 5.41) is 2.91. The Bertz CT molecular complexity index is 1100. The topological polar surface area (TPSA) is 63.7 Å². The molecule has 0 unspecified atom stereocenters. The van der Waals surface area contributed by atoms with Gasteiger partial charge in [0.15, 0.2) is 0 Å². The number of ether oxygens (including phenoxy) is 2. The van der Waals surface area contributed by atoms with E-state index in [1.165, 1.54) is 6.07 Å². The number of aromatic nitrogens is 1. The minimum Gasteiger partial charge on any atom is -0.492 e. The standard InChI is InChI=1S/C26H27FIN3O3/c27-25-16-23(34-13-10-31-8-11-33-12-9-31)6-7-24(25)20-4-5-22(29-18-20)15-26(32)30-17-19-2-1-3-21(28)14-19/h1-7,14,16,18H,8-13,15,17H2,(H,30,32). The third-order valence-electron chi connectivity index (χ3n) is 5.58. The van der Waals surface area contributed by atoms with Crippen molar-refractivity contribution in [3.63, 3.8) is 0 Å². The Labute approximate surface area is 212 Å². The average molecular weight is 575 g/mol. The van der Waals surface area contributed by atoms with E-state index in [2.05, 4.69) is 37.8 Å². The molecule has 1 aliphatic rings. The summed E-state index contributed by atoms with van der Waals surface area (Å²) in [5.74, 6) is 0.0291. The molecular formula is C26H27FIN3O3. The summed E-state index contributed by atoms with van der Waals surface area (Å²) in [7, 11) is 0. The van der Waals surface area contributed by atoms with Crippen molar-refractivity contribution in [1.82, 2.24) is 15.2 Å². The van der Waals surface area contributed by atoms with Gasteiger partial charge in [0.1, 0.15) is 18.2 Å². The number of rotatable bonds is 9. The second kappa shape index (κ2) is 12.2. The van der Waals surface area contributed by atoms with Gasteiger partial charge in [-0.2, -0.15) is 0 Å². The maximum atomic E-state index is 14.7. The van der Waals surface area contributed by atoms with Crippen molar-refractivity contribution in [1.29, 1.82) is 0 Å².